The molecule has 1 fully saturated rings. The van der Waals surface area contributed by atoms with Crippen LogP contribution in [0.5, 0.6) is 5.75 Å². The van der Waals surface area contributed by atoms with Crippen LogP contribution in [0.4, 0.5) is 11.4 Å². The van der Waals surface area contributed by atoms with Crippen LogP contribution in [0.2, 0.25) is 0 Å². The summed E-state index contributed by atoms with van der Waals surface area (Å²) in [6, 6.07) is 13.6. The number of rotatable bonds is 6. The van der Waals surface area contributed by atoms with E-state index in [0.717, 1.165) is 24.8 Å². The van der Waals surface area contributed by atoms with E-state index < -0.39 is 10.0 Å². The summed E-state index contributed by atoms with van der Waals surface area (Å²) in [5.41, 5.74) is 1.41. The van der Waals surface area contributed by atoms with Gasteiger partial charge < -0.3 is 10.1 Å². The predicted octanol–water partition coefficient (Wildman–Crippen LogP) is 3.63. The highest BCUT2D eigenvalue weighted by Gasteiger charge is 2.16. The number of sulfonamides is 1. The summed E-state index contributed by atoms with van der Waals surface area (Å²) in [6.07, 6.45) is 5.93. The lowest BCUT2D eigenvalue weighted by Gasteiger charge is -2.13. The van der Waals surface area contributed by atoms with Crippen LogP contribution in [0.3, 0.4) is 0 Å². The Kier molecular flexibility index (Phi) is 5.46. The highest BCUT2D eigenvalue weighted by molar-refractivity contribution is 7.92. The largest absolute Gasteiger partial charge is 0.490 e. The van der Waals surface area contributed by atoms with E-state index in [1.807, 2.05) is 0 Å². The average Bonchev–Trinajstić information content (AvgIpc) is 3.07. The fourth-order valence-electron chi connectivity index (χ4n) is 2.96. The molecule has 2 aromatic carbocycles. The zero-order chi connectivity index (χ0) is 18.6. The Labute approximate surface area is 153 Å². The van der Waals surface area contributed by atoms with E-state index >= 15 is 0 Å². The van der Waals surface area contributed by atoms with Crippen molar-refractivity contribution in [2.45, 2.75) is 31.8 Å². The molecule has 0 bridgehead atoms. The Morgan fingerprint density at radius 3 is 2.35 bits per heavy atom. The minimum Gasteiger partial charge on any atom is -0.490 e. The predicted molar refractivity (Wildman–Crippen MR) is 102 cm³/mol. The molecular weight excluding hydrogens is 352 g/mol. The van der Waals surface area contributed by atoms with Gasteiger partial charge in [-0.1, -0.05) is 6.07 Å². The summed E-state index contributed by atoms with van der Waals surface area (Å²) >= 11 is 0. The van der Waals surface area contributed by atoms with Crippen LogP contribution < -0.4 is 14.8 Å². The third-order valence-electron chi connectivity index (χ3n) is 4.15. The van der Waals surface area contributed by atoms with Gasteiger partial charge in [0.25, 0.3) is 5.91 Å². The molecule has 26 heavy (non-hydrogen) atoms. The van der Waals surface area contributed by atoms with Gasteiger partial charge in [0.2, 0.25) is 10.0 Å². The summed E-state index contributed by atoms with van der Waals surface area (Å²) in [5.74, 6) is 0.502. The first-order valence-corrected chi connectivity index (χ1v) is 10.4. The molecule has 7 heteroatoms. The van der Waals surface area contributed by atoms with E-state index in [1.54, 1.807) is 48.5 Å². The highest BCUT2D eigenvalue weighted by atomic mass is 32.2. The molecule has 0 atom stereocenters. The maximum Gasteiger partial charge on any atom is 0.255 e. The smallest absolute Gasteiger partial charge is 0.255 e. The summed E-state index contributed by atoms with van der Waals surface area (Å²) < 4.78 is 30.9. The van der Waals surface area contributed by atoms with Crippen molar-refractivity contribution in [3.63, 3.8) is 0 Å². The lowest BCUT2D eigenvalue weighted by molar-refractivity contribution is 0.102. The lowest BCUT2D eigenvalue weighted by Crippen LogP contribution is -2.14. The Morgan fingerprint density at radius 2 is 1.69 bits per heavy atom. The molecule has 2 aromatic rings. The Bertz CT molecular complexity index is 873. The van der Waals surface area contributed by atoms with E-state index in [2.05, 4.69) is 10.0 Å². The fraction of sp³-hybridized carbons (Fsp3) is 0.316. The van der Waals surface area contributed by atoms with Crippen molar-refractivity contribution in [1.29, 1.82) is 0 Å². The van der Waals surface area contributed by atoms with Gasteiger partial charge in [0.1, 0.15) is 5.75 Å². The lowest BCUT2D eigenvalue weighted by atomic mass is 10.2. The van der Waals surface area contributed by atoms with Crippen molar-refractivity contribution in [2.75, 3.05) is 16.3 Å². The van der Waals surface area contributed by atoms with Gasteiger partial charge in [0.15, 0.2) is 0 Å². The van der Waals surface area contributed by atoms with Gasteiger partial charge in [0, 0.05) is 11.3 Å². The molecule has 138 valence electrons. The molecule has 1 saturated carbocycles. The number of carbonyl (C=O) groups is 1. The second kappa shape index (κ2) is 7.78. The highest BCUT2D eigenvalue weighted by Crippen LogP contribution is 2.24. The number of ether oxygens (including phenoxy) is 1. The van der Waals surface area contributed by atoms with Crippen LogP contribution in [0.25, 0.3) is 0 Å². The average molecular weight is 374 g/mol. The van der Waals surface area contributed by atoms with Gasteiger partial charge >= 0.3 is 0 Å². The van der Waals surface area contributed by atoms with Gasteiger partial charge in [-0.05, 0) is 68.1 Å². The molecule has 0 unspecified atom stereocenters. The minimum absolute atomic E-state index is 0.270. The second-order valence-corrected chi connectivity index (χ2v) is 8.21. The Balaban J connectivity index is 1.63. The van der Waals surface area contributed by atoms with Gasteiger partial charge in [-0.3, -0.25) is 9.52 Å². The van der Waals surface area contributed by atoms with Crippen LogP contribution in [0.15, 0.2) is 48.5 Å². The molecule has 1 amide bonds. The molecular formula is C19H22N2O4S. The van der Waals surface area contributed by atoms with Crippen LogP contribution in [0, 0.1) is 0 Å². The van der Waals surface area contributed by atoms with Crippen molar-refractivity contribution in [3.8, 4) is 5.75 Å². The molecule has 0 spiro atoms. The normalized spacial score (nSPS) is 14.8. The summed E-state index contributed by atoms with van der Waals surface area (Å²) in [5, 5.41) is 2.76. The molecule has 0 aromatic heterocycles. The monoisotopic (exact) mass is 374 g/mol. The van der Waals surface area contributed by atoms with Gasteiger partial charge in [0.05, 0.1) is 18.0 Å². The van der Waals surface area contributed by atoms with Crippen molar-refractivity contribution in [2.24, 2.45) is 0 Å². The third kappa shape index (κ3) is 5.23. The van der Waals surface area contributed by atoms with E-state index in [-0.39, 0.29) is 12.0 Å². The van der Waals surface area contributed by atoms with E-state index in [9.17, 15) is 13.2 Å². The van der Waals surface area contributed by atoms with Gasteiger partial charge in [-0.2, -0.15) is 0 Å². The zero-order valence-electron chi connectivity index (χ0n) is 14.6. The number of anilines is 2. The topological polar surface area (TPSA) is 84.5 Å². The molecule has 2 N–H and O–H groups in total. The van der Waals surface area contributed by atoms with E-state index in [1.165, 1.54) is 12.8 Å². The number of hydrogen-bond donors (Lipinski definition) is 2. The molecule has 0 radical (unpaired) electrons. The number of nitrogens with one attached hydrogen (secondary N) is 2. The standard InChI is InChI=1S/C19H22N2O4S/c1-26(23,24)21-16-6-4-5-15(13-16)20-19(22)14-9-11-18(12-10-14)25-17-7-2-3-8-17/h4-6,9-13,17,21H,2-3,7-8H2,1H3,(H,20,22). The minimum atomic E-state index is -3.37. The Hall–Kier alpha value is -2.54. The summed E-state index contributed by atoms with van der Waals surface area (Å²) in [7, 11) is -3.37. The van der Waals surface area contributed by atoms with E-state index in [0.29, 0.717) is 16.9 Å². The van der Waals surface area contributed by atoms with Crippen LogP contribution >= 0.6 is 0 Å². The maximum absolute atomic E-state index is 12.4. The van der Waals surface area contributed by atoms with Crippen molar-refractivity contribution in [3.05, 3.63) is 54.1 Å². The molecule has 0 aliphatic heterocycles. The van der Waals surface area contributed by atoms with Crippen LogP contribution in [-0.2, 0) is 10.0 Å². The molecule has 3 rings (SSSR count). The first-order valence-electron chi connectivity index (χ1n) is 8.55. The summed E-state index contributed by atoms with van der Waals surface area (Å²) in [6.45, 7) is 0. The van der Waals surface area contributed by atoms with Crippen molar-refractivity contribution >= 4 is 27.3 Å². The van der Waals surface area contributed by atoms with Crippen LogP contribution in [-0.4, -0.2) is 26.7 Å². The van der Waals surface area contributed by atoms with Gasteiger partial charge in [-0.25, -0.2) is 8.42 Å². The molecule has 1 aliphatic carbocycles. The van der Waals surface area contributed by atoms with Gasteiger partial charge in [-0.15, -0.1) is 0 Å². The van der Waals surface area contributed by atoms with Crippen LogP contribution in [0.1, 0.15) is 36.0 Å². The first kappa shape index (κ1) is 18.3. The van der Waals surface area contributed by atoms with Crippen molar-refractivity contribution < 1.29 is 17.9 Å². The molecule has 0 heterocycles. The number of hydrogen-bond acceptors (Lipinski definition) is 4. The third-order valence-corrected chi connectivity index (χ3v) is 4.75. The number of benzene rings is 2. The maximum atomic E-state index is 12.4. The van der Waals surface area contributed by atoms with Crippen molar-refractivity contribution in [1.82, 2.24) is 0 Å². The fourth-order valence-corrected chi connectivity index (χ4v) is 3.52. The number of carbonyl (C=O) groups excluding carboxylic acids is 1. The molecule has 0 saturated heterocycles. The number of amides is 1. The second-order valence-electron chi connectivity index (χ2n) is 6.46. The first-order chi connectivity index (χ1) is 12.4. The summed E-state index contributed by atoms with van der Waals surface area (Å²) in [4.78, 5) is 12.4. The quantitative estimate of drug-likeness (QED) is 0.809. The van der Waals surface area contributed by atoms with E-state index in [4.69, 9.17) is 4.74 Å². The molecule has 6 nitrogen and oxygen atoms in total. The SMILES string of the molecule is CS(=O)(=O)Nc1cccc(NC(=O)c2ccc(OC3CCCC3)cc2)c1. The molecule has 1 aliphatic rings. The Morgan fingerprint density at radius 1 is 1.04 bits per heavy atom. The zero-order valence-corrected chi connectivity index (χ0v) is 15.4.